The van der Waals surface area contributed by atoms with Gasteiger partial charge in [-0.25, -0.2) is 0 Å². The Morgan fingerprint density at radius 2 is 1.67 bits per heavy atom. The first-order chi connectivity index (χ1) is 7.63. The highest BCUT2D eigenvalue weighted by Gasteiger charge is 2.10. The highest BCUT2D eigenvalue weighted by Crippen LogP contribution is 2.02. The van der Waals surface area contributed by atoms with Gasteiger partial charge in [0.15, 0.2) is 0 Å². The SMILES string of the molecule is C.C.CCC(C)C(=O)OCCNC.CCCCC. The molecule has 18 heavy (non-hydrogen) atoms. The normalized spacial score (nSPS) is 10.1. The van der Waals surface area contributed by atoms with Gasteiger partial charge in [0.05, 0.1) is 5.92 Å². The number of hydrogen-bond donors (Lipinski definition) is 1. The molecule has 0 radical (unpaired) electrons. The van der Waals surface area contributed by atoms with Crippen molar-refractivity contribution >= 4 is 5.97 Å². The van der Waals surface area contributed by atoms with Crippen molar-refractivity contribution in [2.45, 2.75) is 68.2 Å². The summed E-state index contributed by atoms with van der Waals surface area (Å²) in [5.41, 5.74) is 0. The van der Waals surface area contributed by atoms with Gasteiger partial charge >= 0.3 is 5.97 Å². The van der Waals surface area contributed by atoms with Gasteiger partial charge in [-0.1, -0.05) is 61.8 Å². The van der Waals surface area contributed by atoms with E-state index in [0.29, 0.717) is 6.61 Å². The van der Waals surface area contributed by atoms with Crippen molar-refractivity contribution in [3.05, 3.63) is 0 Å². The third kappa shape index (κ3) is 20.8. The molecule has 0 aromatic rings. The van der Waals surface area contributed by atoms with Crippen LogP contribution < -0.4 is 5.32 Å². The van der Waals surface area contributed by atoms with Crippen LogP contribution in [-0.2, 0) is 9.53 Å². The average molecular weight is 263 g/mol. The molecule has 3 heteroatoms. The van der Waals surface area contributed by atoms with Crippen molar-refractivity contribution in [1.29, 1.82) is 0 Å². The number of hydrogen-bond acceptors (Lipinski definition) is 3. The van der Waals surface area contributed by atoms with Gasteiger partial charge in [0.1, 0.15) is 6.61 Å². The van der Waals surface area contributed by atoms with Crippen molar-refractivity contribution in [1.82, 2.24) is 5.32 Å². The number of esters is 1. The Kier molecular flexibility index (Phi) is 31.4. The van der Waals surface area contributed by atoms with Gasteiger partial charge in [-0.3, -0.25) is 4.79 Å². The topological polar surface area (TPSA) is 38.3 Å². The first kappa shape index (κ1) is 26.1. The van der Waals surface area contributed by atoms with Gasteiger partial charge in [-0.05, 0) is 13.5 Å². The molecule has 1 N–H and O–H groups in total. The highest BCUT2D eigenvalue weighted by molar-refractivity contribution is 5.71. The van der Waals surface area contributed by atoms with E-state index in [4.69, 9.17) is 4.74 Å². The van der Waals surface area contributed by atoms with E-state index in [-0.39, 0.29) is 26.7 Å². The van der Waals surface area contributed by atoms with Crippen LogP contribution in [0.25, 0.3) is 0 Å². The van der Waals surface area contributed by atoms with E-state index in [2.05, 4.69) is 19.2 Å². The minimum atomic E-state index is -0.0947. The van der Waals surface area contributed by atoms with E-state index >= 15 is 0 Å². The lowest BCUT2D eigenvalue weighted by Gasteiger charge is -2.08. The maximum absolute atomic E-state index is 11.0. The maximum atomic E-state index is 11.0. The molecular weight excluding hydrogens is 226 g/mol. The Bertz CT molecular complexity index is 147. The summed E-state index contributed by atoms with van der Waals surface area (Å²) in [6.45, 7) is 9.47. The average Bonchev–Trinajstić information content (AvgIpc) is 2.30. The van der Waals surface area contributed by atoms with Crippen LogP contribution in [-0.4, -0.2) is 26.2 Å². The molecule has 0 aliphatic carbocycles. The second kappa shape index (κ2) is 21.7. The molecule has 0 heterocycles. The number of nitrogens with one attached hydrogen (secondary N) is 1. The van der Waals surface area contributed by atoms with Crippen molar-refractivity contribution in [2.75, 3.05) is 20.2 Å². The van der Waals surface area contributed by atoms with Crippen molar-refractivity contribution in [2.24, 2.45) is 5.92 Å². The third-order valence-corrected chi connectivity index (χ3v) is 2.32. The molecule has 0 aliphatic rings. The van der Waals surface area contributed by atoms with Gasteiger partial charge in [0.2, 0.25) is 0 Å². The second-order valence-corrected chi connectivity index (χ2v) is 3.93. The van der Waals surface area contributed by atoms with Crippen LogP contribution in [0.1, 0.15) is 68.2 Å². The van der Waals surface area contributed by atoms with E-state index < -0.39 is 0 Å². The number of carbonyl (C=O) groups is 1. The summed E-state index contributed by atoms with van der Waals surface area (Å²) >= 11 is 0. The fraction of sp³-hybridized carbons (Fsp3) is 0.933. The molecule has 0 fully saturated rings. The zero-order valence-corrected chi connectivity index (χ0v) is 11.6. The summed E-state index contributed by atoms with van der Waals surface area (Å²) in [5, 5.41) is 2.90. The lowest BCUT2D eigenvalue weighted by atomic mass is 10.1. The molecule has 0 amide bonds. The Morgan fingerprint density at radius 3 is 1.94 bits per heavy atom. The predicted molar refractivity (Wildman–Crippen MR) is 83.0 cm³/mol. The Morgan fingerprint density at radius 1 is 1.17 bits per heavy atom. The largest absolute Gasteiger partial charge is 0.464 e. The molecule has 1 unspecified atom stereocenters. The maximum Gasteiger partial charge on any atom is 0.308 e. The lowest BCUT2D eigenvalue weighted by Crippen LogP contribution is -2.20. The molecule has 0 saturated carbocycles. The van der Waals surface area contributed by atoms with Crippen LogP contribution in [0.5, 0.6) is 0 Å². The van der Waals surface area contributed by atoms with Gasteiger partial charge in [0.25, 0.3) is 0 Å². The standard InChI is InChI=1S/C8H17NO2.C5H12.2CH4/c1-4-7(2)8(10)11-6-5-9-3;1-3-5-4-2;;/h7,9H,4-6H2,1-3H3;3-5H2,1-2H3;2*1H4. The van der Waals surface area contributed by atoms with E-state index in [9.17, 15) is 4.79 Å². The zero-order chi connectivity index (χ0) is 12.8. The quantitative estimate of drug-likeness (QED) is 0.551. The number of carbonyl (C=O) groups excluding carboxylic acids is 1. The van der Waals surface area contributed by atoms with Crippen LogP contribution in [0.2, 0.25) is 0 Å². The van der Waals surface area contributed by atoms with E-state index in [0.717, 1.165) is 13.0 Å². The van der Waals surface area contributed by atoms with Gasteiger partial charge in [-0.15, -0.1) is 0 Å². The fourth-order valence-electron chi connectivity index (χ4n) is 0.916. The van der Waals surface area contributed by atoms with E-state index in [1.165, 1.54) is 19.3 Å². The van der Waals surface area contributed by atoms with E-state index in [1.54, 1.807) is 0 Å². The first-order valence-corrected chi connectivity index (χ1v) is 6.45. The molecule has 0 bridgehead atoms. The van der Waals surface area contributed by atoms with Gasteiger partial charge in [-0.2, -0.15) is 0 Å². The monoisotopic (exact) mass is 263 g/mol. The summed E-state index contributed by atoms with van der Waals surface area (Å²) < 4.78 is 4.93. The van der Waals surface area contributed by atoms with Crippen LogP contribution in [0.4, 0.5) is 0 Å². The van der Waals surface area contributed by atoms with Crippen LogP contribution >= 0.6 is 0 Å². The van der Waals surface area contributed by atoms with Crippen LogP contribution in [0, 0.1) is 5.92 Å². The molecule has 1 atom stereocenters. The summed E-state index contributed by atoms with van der Waals surface area (Å²) in [4.78, 5) is 11.0. The Balaban J connectivity index is -0.000000122. The summed E-state index contributed by atoms with van der Waals surface area (Å²) in [6, 6.07) is 0. The summed E-state index contributed by atoms with van der Waals surface area (Å²) in [5.74, 6) is -0.0605. The lowest BCUT2D eigenvalue weighted by molar-refractivity contribution is -0.147. The van der Waals surface area contributed by atoms with Crippen molar-refractivity contribution < 1.29 is 9.53 Å². The molecule has 0 aromatic carbocycles. The third-order valence-electron chi connectivity index (χ3n) is 2.32. The molecule has 0 spiro atoms. The number of ether oxygens (including phenoxy) is 1. The number of rotatable bonds is 7. The molecular formula is C15H37NO2. The van der Waals surface area contributed by atoms with Gasteiger partial charge < -0.3 is 10.1 Å². The molecule has 0 aliphatic heterocycles. The zero-order valence-electron chi connectivity index (χ0n) is 11.6. The van der Waals surface area contributed by atoms with Crippen molar-refractivity contribution in [3.8, 4) is 0 Å². The molecule has 3 nitrogen and oxygen atoms in total. The first-order valence-electron chi connectivity index (χ1n) is 6.45. The number of unbranched alkanes of at least 4 members (excludes halogenated alkanes) is 2. The summed E-state index contributed by atoms with van der Waals surface area (Å²) in [7, 11) is 1.83. The van der Waals surface area contributed by atoms with Crippen molar-refractivity contribution in [3.63, 3.8) is 0 Å². The Labute approximate surface area is 116 Å². The molecule has 0 aromatic heterocycles. The minimum absolute atomic E-state index is 0. The highest BCUT2D eigenvalue weighted by atomic mass is 16.5. The molecule has 0 saturated heterocycles. The number of likely N-dealkylation sites (N-methyl/N-ethyl adjacent to an activating group) is 1. The Hall–Kier alpha value is -0.570. The minimum Gasteiger partial charge on any atom is -0.464 e. The van der Waals surface area contributed by atoms with Gasteiger partial charge in [0, 0.05) is 6.54 Å². The fourth-order valence-corrected chi connectivity index (χ4v) is 0.916. The van der Waals surface area contributed by atoms with Crippen LogP contribution in [0.15, 0.2) is 0 Å². The second-order valence-electron chi connectivity index (χ2n) is 3.93. The molecule has 114 valence electrons. The smallest absolute Gasteiger partial charge is 0.308 e. The predicted octanol–water partition coefficient (Wildman–Crippen LogP) is 4.26. The van der Waals surface area contributed by atoms with E-state index in [1.807, 2.05) is 20.9 Å². The molecule has 0 rings (SSSR count). The van der Waals surface area contributed by atoms with Crippen LogP contribution in [0.3, 0.4) is 0 Å². The summed E-state index contributed by atoms with van der Waals surface area (Å²) in [6.07, 6.45) is 4.92.